The summed E-state index contributed by atoms with van der Waals surface area (Å²) in [6.45, 7) is 16.6. The van der Waals surface area contributed by atoms with Crippen LogP contribution in [0.25, 0.3) is 33.3 Å². The molecule has 3 aromatic carbocycles. The first kappa shape index (κ1) is 45.2. The number of fused-ring (bicyclic) bond motifs is 1. The Balaban J connectivity index is 0.000000284. The number of aromatic nitrogens is 2. The molecule has 0 saturated heterocycles. The van der Waals surface area contributed by atoms with Crippen LogP contribution < -0.4 is 5.19 Å². The number of benzene rings is 3. The number of allylic oxidation sites excluding steroid dienone is 2. The van der Waals surface area contributed by atoms with E-state index in [1.165, 1.54) is 21.5 Å². The number of hydrogen-bond donors (Lipinski definition) is 1. The van der Waals surface area contributed by atoms with Gasteiger partial charge in [0.15, 0.2) is 5.78 Å². The first-order valence-electron chi connectivity index (χ1n) is 17.9. The molecule has 2 aromatic heterocycles. The Morgan fingerprint density at radius 2 is 1.53 bits per heavy atom. The van der Waals surface area contributed by atoms with E-state index in [-0.39, 0.29) is 38.2 Å². The molecule has 1 N–H and O–H groups in total. The molecule has 9 heteroatoms. The molecule has 0 aliphatic rings. The number of aliphatic hydroxyl groups excluding tert-OH is 1. The first-order valence-corrected chi connectivity index (χ1v) is 21.4. The van der Waals surface area contributed by atoms with Gasteiger partial charge in [0, 0.05) is 50.4 Å². The van der Waals surface area contributed by atoms with E-state index in [2.05, 4.69) is 92.0 Å². The zero-order chi connectivity index (χ0) is 38.5. The van der Waals surface area contributed by atoms with Crippen molar-refractivity contribution >= 4 is 29.8 Å². The molecule has 285 valence electrons. The number of aliphatic hydroxyl groups is 1. The monoisotopic (exact) mass is 917 g/mol. The van der Waals surface area contributed by atoms with Gasteiger partial charge in [0.25, 0.3) is 0 Å². The normalized spacial score (nSPS) is 12.2. The summed E-state index contributed by atoms with van der Waals surface area (Å²) < 4.78 is 36.8. The van der Waals surface area contributed by atoms with E-state index < -0.39 is 32.3 Å². The summed E-state index contributed by atoms with van der Waals surface area (Å²) in [5.41, 5.74) is 6.54. The van der Waals surface area contributed by atoms with Gasteiger partial charge in [-0.25, -0.2) is 0 Å². The average Bonchev–Trinajstić information content (AvgIpc) is 3.10. The van der Waals surface area contributed by atoms with Gasteiger partial charge in [-0.3, -0.25) is 4.79 Å². The zero-order valence-corrected chi connectivity index (χ0v) is 35.3. The molecule has 0 fully saturated rings. The van der Waals surface area contributed by atoms with Crippen LogP contribution in [-0.4, -0.2) is 35.1 Å². The van der Waals surface area contributed by atoms with Crippen LogP contribution in [0.15, 0.2) is 103 Å². The molecule has 0 aliphatic heterocycles. The minimum Gasteiger partial charge on any atom is -0.512 e. The van der Waals surface area contributed by atoms with Gasteiger partial charge < -0.3 is 15.1 Å². The van der Waals surface area contributed by atoms with E-state index in [1.807, 2.05) is 62.5 Å². The van der Waals surface area contributed by atoms with E-state index in [4.69, 9.17) is 0 Å². The number of carbonyl (C=O) groups is 1. The Morgan fingerprint density at radius 1 is 0.849 bits per heavy atom. The first-order chi connectivity index (χ1) is 24.6. The molecular formula is C44H51F3IrN2O2Si-2. The number of carbonyl (C=O) groups excluding carboxylic acids is 1. The summed E-state index contributed by atoms with van der Waals surface area (Å²) in [5.74, 6) is -2.00. The molecule has 2 heterocycles. The van der Waals surface area contributed by atoms with Crippen molar-refractivity contribution < 1.29 is 43.2 Å². The second-order valence-corrected chi connectivity index (χ2v) is 19.1. The van der Waals surface area contributed by atoms with Crippen molar-refractivity contribution in [3.8, 4) is 22.5 Å². The van der Waals surface area contributed by atoms with Crippen molar-refractivity contribution in [1.29, 1.82) is 0 Å². The number of ketones is 1. The van der Waals surface area contributed by atoms with Crippen molar-refractivity contribution in [2.75, 3.05) is 0 Å². The maximum Gasteiger partial charge on any atom is 0.389 e. The molecule has 5 aromatic rings. The Labute approximate surface area is 328 Å². The van der Waals surface area contributed by atoms with Crippen LogP contribution in [0.4, 0.5) is 13.2 Å². The van der Waals surface area contributed by atoms with Crippen LogP contribution in [0.3, 0.4) is 0 Å². The average molecular weight is 917 g/mol. The largest absolute Gasteiger partial charge is 0.512 e. The molecule has 53 heavy (non-hydrogen) atoms. The third kappa shape index (κ3) is 14.4. The van der Waals surface area contributed by atoms with Gasteiger partial charge in [0.1, 0.15) is 0 Å². The number of alkyl halides is 3. The van der Waals surface area contributed by atoms with Gasteiger partial charge in [0.2, 0.25) is 0 Å². The van der Waals surface area contributed by atoms with Gasteiger partial charge in [-0.1, -0.05) is 89.8 Å². The van der Waals surface area contributed by atoms with E-state index in [0.29, 0.717) is 12.8 Å². The second-order valence-electron chi connectivity index (χ2n) is 14.0. The van der Waals surface area contributed by atoms with Crippen LogP contribution in [0.5, 0.6) is 0 Å². The molecular weight excluding hydrogens is 866 g/mol. The van der Waals surface area contributed by atoms with Crippen molar-refractivity contribution in [3.63, 3.8) is 0 Å². The molecule has 5 rings (SSSR count). The predicted molar refractivity (Wildman–Crippen MR) is 211 cm³/mol. The van der Waals surface area contributed by atoms with Crippen molar-refractivity contribution in [3.05, 3.63) is 126 Å². The number of hydrogen-bond acceptors (Lipinski definition) is 4. The number of halogens is 3. The smallest absolute Gasteiger partial charge is 0.389 e. The van der Waals surface area contributed by atoms with Gasteiger partial charge >= 0.3 is 6.18 Å². The fourth-order valence-corrected chi connectivity index (χ4v) is 6.94. The quantitative estimate of drug-likeness (QED) is 0.0656. The maximum atomic E-state index is 12.3. The Morgan fingerprint density at radius 3 is 2.08 bits per heavy atom. The predicted octanol–water partition coefficient (Wildman–Crippen LogP) is 11.8. The molecule has 0 spiro atoms. The zero-order valence-electron chi connectivity index (χ0n) is 31.9. The van der Waals surface area contributed by atoms with Crippen LogP contribution in [0, 0.1) is 37.8 Å². The summed E-state index contributed by atoms with van der Waals surface area (Å²) in [5, 5.41) is 13.6. The summed E-state index contributed by atoms with van der Waals surface area (Å²) in [4.78, 5) is 20.5. The number of rotatable bonds is 10. The van der Waals surface area contributed by atoms with E-state index in [9.17, 15) is 23.1 Å². The molecule has 1 radical (unpaired) electrons. The molecule has 0 bridgehead atoms. The van der Waals surface area contributed by atoms with Crippen molar-refractivity contribution in [2.45, 2.75) is 86.1 Å². The van der Waals surface area contributed by atoms with Crippen molar-refractivity contribution in [2.24, 2.45) is 11.8 Å². The second kappa shape index (κ2) is 21.1. The number of nitrogens with zero attached hydrogens (tertiary/aromatic N) is 2. The summed E-state index contributed by atoms with van der Waals surface area (Å²) in [6, 6.07) is 33.6. The van der Waals surface area contributed by atoms with Crippen LogP contribution >= 0.6 is 0 Å². The van der Waals surface area contributed by atoms with E-state index in [1.54, 1.807) is 13.1 Å². The Hall–Kier alpha value is -3.91. The molecule has 0 amide bonds. The van der Waals surface area contributed by atoms with Gasteiger partial charge in [-0.15, -0.1) is 70.8 Å². The standard InChI is InChI=1S/C20H22NSi.C13H21F3O2.C11H8N.Ir/c1-14-10-15(2)12-17(11-14)20-19-7-6-18(22(3,4)5)13-16(19)8-9-21-20;1-4-9(5-2)11(17)7-12(18)10(6-3)8-13(14,15)16;1-2-6-10(7-3-1)11-8-4-5-9-12-11;/h6-11,13H,1-5H3;7,9-10,18H,4-6,8H2,1-3H3;1-6,8-9H;/q-1;;-1;/b;12-7-;;. The van der Waals surface area contributed by atoms with E-state index in [0.717, 1.165) is 34.2 Å². The number of aryl methyl sites for hydroxylation is 2. The Bertz CT molecular complexity index is 1850. The fourth-order valence-electron chi connectivity index (χ4n) is 5.77. The third-order valence-electron chi connectivity index (χ3n) is 8.75. The fraction of sp³-hybridized carbons (Fsp3) is 0.341. The van der Waals surface area contributed by atoms with Gasteiger partial charge in [-0.2, -0.15) is 13.2 Å². The molecule has 0 aliphatic carbocycles. The molecule has 1 unspecified atom stereocenters. The molecule has 4 nitrogen and oxygen atoms in total. The third-order valence-corrected chi connectivity index (χ3v) is 10.8. The summed E-state index contributed by atoms with van der Waals surface area (Å²) in [7, 11) is -1.29. The summed E-state index contributed by atoms with van der Waals surface area (Å²) >= 11 is 0. The number of pyridine rings is 2. The minimum atomic E-state index is -4.33. The molecule has 0 saturated carbocycles. The van der Waals surface area contributed by atoms with E-state index >= 15 is 0 Å². The summed E-state index contributed by atoms with van der Waals surface area (Å²) in [6.07, 6.45) is 0.635. The van der Waals surface area contributed by atoms with Crippen LogP contribution in [0.1, 0.15) is 57.6 Å². The topological polar surface area (TPSA) is 63.1 Å². The van der Waals surface area contributed by atoms with Crippen molar-refractivity contribution in [1.82, 2.24) is 9.97 Å². The van der Waals surface area contributed by atoms with Crippen LogP contribution in [0.2, 0.25) is 19.6 Å². The van der Waals surface area contributed by atoms with Gasteiger partial charge in [0.05, 0.1) is 20.3 Å². The minimum absolute atomic E-state index is 0. The Kier molecular flexibility index (Phi) is 18.0. The van der Waals surface area contributed by atoms with Gasteiger partial charge in [-0.05, 0) is 53.6 Å². The SMILES string of the molecule is CCC(CC)C(=O)/C=C(\O)C(CC)CC(F)(F)F.Cc1[c-]c(-c2nccc3cc([Si](C)(C)C)ccc23)cc(C)c1.[Ir].[c-]1ccccc1-c1ccccn1. The van der Waals surface area contributed by atoms with Crippen LogP contribution in [-0.2, 0) is 24.9 Å². The maximum absolute atomic E-state index is 12.3. The molecule has 1 atom stereocenters.